The molecule has 2 aliphatic carbocycles. The Hall–Kier alpha value is -1.06. The zero-order valence-corrected chi connectivity index (χ0v) is 11.2. The molecule has 2 saturated carbocycles. The van der Waals surface area contributed by atoms with Gasteiger partial charge in [-0.25, -0.2) is 0 Å². The van der Waals surface area contributed by atoms with Crippen molar-refractivity contribution in [3.05, 3.63) is 0 Å². The van der Waals surface area contributed by atoms with Gasteiger partial charge < -0.3 is 10.2 Å². The standard InChI is InChI=1S/C14H22N2O2/c1-9-7-11(8-9)16-10(2)12(17)15-14(13(16)18)5-3-4-6-14/h9-11H,3-8H2,1-2H3,(H,15,17). The van der Waals surface area contributed by atoms with Crippen molar-refractivity contribution in [2.45, 2.75) is 70.0 Å². The molecule has 1 saturated heterocycles. The van der Waals surface area contributed by atoms with Crippen molar-refractivity contribution < 1.29 is 9.59 Å². The first-order valence-electron chi connectivity index (χ1n) is 7.18. The van der Waals surface area contributed by atoms with Crippen LogP contribution >= 0.6 is 0 Å². The van der Waals surface area contributed by atoms with E-state index in [1.165, 1.54) is 0 Å². The van der Waals surface area contributed by atoms with Gasteiger partial charge in [-0.05, 0) is 38.5 Å². The molecule has 3 fully saturated rings. The van der Waals surface area contributed by atoms with E-state index in [0.29, 0.717) is 12.0 Å². The number of amides is 2. The Bertz CT molecular complexity index is 381. The molecule has 1 aliphatic heterocycles. The van der Waals surface area contributed by atoms with Crippen molar-refractivity contribution in [1.29, 1.82) is 0 Å². The van der Waals surface area contributed by atoms with Crippen LogP contribution in [0, 0.1) is 5.92 Å². The number of hydrogen-bond acceptors (Lipinski definition) is 2. The molecule has 1 unspecified atom stereocenters. The predicted molar refractivity (Wildman–Crippen MR) is 67.8 cm³/mol. The van der Waals surface area contributed by atoms with Crippen LogP contribution in [0.3, 0.4) is 0 Å². The third kappa shape index (κ3) is 1.57. The summed E-state index contributed by atoms with van der Waals surface area (Å²) in [5.41, 5.74) is -0.553. The smallest absolute Gasteiger partial charge is 0.249 e. The molecule has 4 nitrogen and oxygen atoms in total. The quantitative estimate of drug-likeness (QED) is 0.765. The maximum Gasteiger partial charge on any atom is 0.249 e. The van der Waals surface area contributed by atoms with E-state index in [4.69, 9.17) is 0 Å². The van der Waals surface area contributed by atoms with Crippen LogP contribution in [-0.4, -0.2) is 34.3 Å². The summed E-state index contributed by atoms with van der Waals surface area (Å²) in [6.45, 7) is 4.07. The molecule has 1 N–H and O–H groups in total. The second-order valence-corrected chi connectivity index (χ2v) is 6.40. The molecule has 0 aromatic rings. The van der Waals surface area contributed by atoms with Gasteiger partial charge in [0.25, 0.3) is 0 Å². The monoisotopic (exact) mass is 250 g/mol. The summed E-state index contributed by atoms with van der Waals surface area (Å²) in [6.07, 6.45) is 5.86. The van der Waals surface area contributed by atoms with Crippen LogP contribution in [0.15, 0.2) is 0 Å². The highest BCUT2D eigenvalue weighted by atomic mass is 16.2. The van der Waals surface area contributed by atoms with Crippen LogP contribution in [0.5, 0.6) is 0 Å². The summed E-state index contributed by atoms with van der Waals surface area (Å²) in [4.78, 5) is 26.8. The second kappa shape index (κ2) is 3.97. The van der Waals surface area contributed by atoms with Crippen LogP contribution in [0.2, 0.25) is 0 Å². The zero-order chi connectivity index (χ0) is 12.9. The normalized spacial score (nSPS) is 38.8. The maximum absolute atomic E-state index is 12.8. The molecule has 100 valence electrons. The van der Waals surface area contributed by atoms with Gasteiger partial charge in [-0.1, -0.05) is 19.8 Å². The molecule has 0 aromatic heterocycles. The molecule has 3 aliphatic rings. The predicted octanol–water partition coefficient (Wildman–Crippen LogP) is 1.44. The van der Waals surface area contributed by atoms with Gasteiger partial charge >= 0.3 is 0 Å². The largest absolute Gasteiger partial charge is 0.340 e. The number of hydrogen-bond donors (Lipinski definition) is 1. The van der Waals surface area contributed by atoms with Crippen LogP contribution in [0.25, 0.3) is 0 Å². The average Bonchev–Trinajstić information content (AvgIpc) is 2.74. The van der Waals surface area contributed by atoms with Crippen LogP contribution < -0.4 is 5.32 Å². The molecule has 1 spiro atoms. The molecule has 0 radical (unpaired) electrons. The number of carbonyl (C=O) groups is 2. The van der Waals surface area contributed by atoms with E-state index in [1.54, 1.807) is 0 Å². The Kier molecular flexibility index (Phi) is 2.65. The molecule has 0 aromatic carbocycles. The van der Waals surface area contributed by atoms with Crippen molar-refractivity contribution in [3.8, 4) is 0 Å². The Morgan fingerprint density at radius 1 is 1.17 bits per heavy atom. The third-order valence-electron chi connectivity index (χ3n) is 5.00. The minimum absolute atomic E-state index is 0.0380. The average molecular weight is 250 g/mol. The Morgan fingerprint density at radius 3 is 2.33 bits per heavy atom. The van der Waals surface area contributed by atoms with E-state index in [-0.39, 0.29) is 17.9 Å². The van der Waals surface area contributed by atoms with Crippen molar-refractivity contribution in [2.24, 2.45) is 5.92 Å². The highest BCUT2D eigenvalue weighted by Crippen LogP contribution is 2.39. The SMILES string of the molecule is CC1CC(N2C(=O)C3(CCCC3)NC(=O)C2C)C1. The van der Waals surface area contributed by atoms with Gasteiger partial charge in [0.05, 0.1) is 0 Å². The van der Waals surface area contributed by atoms with Crippen molar-refractivity contribution in [3.63, 3.8) is 0 Å². The maximum atomic E-state index is 12.8. The number of rotatable bonds is 1. The number of nitrogens with zero attached hydrogens (tertiary/aromatic N) is 1. The number of nitrogens with one attached hydrogen (secondary N) is 1. The summed E-state index contributed by atoms with van der Waals surface area (Å²) in [5.74, 6) is 0.916. The van der Waals surface area contributed by atoms with E-state index in [0.717, 1.165) is 38.5 Å². The fourth-order valence-corrected chi connectivity index (χ4v) is 3.83. The molecule has 1 atom stereocenters. The molecule has 18 heavy (non-hydrogen) atoms. The molecular weight excluding hydrogens is 228 g/mol. The Balaban J connectivity index is 1.86. The summed E-state index contributed by atoms with van der Waals surface area (Å²) in [5, 5.41) is 3.01. The van der Waals surface area contributed by atoms with Gasteiger partial charge in [-0.15, -0.1) is 0 Å². The summed E-state index contributed by atoms with van der Waals surface area (Å²) in [7, 11) is 0. The Morgan fingerprint density at radius 2 is 1.78 bits per heavy atom. The molecular formula is C14H22N2O2. The van der Waals surface area contributed by atoms with Gasteiger partial charge in [-0.2, -0.15) is 0 Å². The van der Waals surface area contributed by atoms with Crippen LogP contribution in [0.4, 0.5) is 0 Å². The van der Waals surface area contributed by atoms with Crippen molar-refractivity contribution in [1.82, 2.24) is 10.2 Å². The van der Waals surface area contributed by atoms with E-state index in [2.05, 4.69) is 12.2 Å². The van der Waals surface area contributed by atoms with Gasteiger partial charge in [0.2, 0.25) is 11.8 Å². The topological polar surface area (TPSA) is 49.4 Å². The lowest BCUT2D eigenvalue weighted by Gasteiger charge is -2.50. The summed E-state index contributed by atoms with van der Waals surface area (Å²) >= 11 is 0. The third-order valence-corrected chi connectivity index (χ3v) is 5.00. The highest BCUT2D eigenvalue weighted by molar-refractivity contribution is 6.00. The summed E-state index contributed by atoms with van der Waals surface area (Å²) < 4.78 is 0. The van der Waals surface area contributed by atoms with Gasteiger partial charge in [0, 0.05) is 6.04 Å². The second-order valence-electron chi connectivity index (χ2n) is 6.40. The van der Waals surface area contributed by atoms with E-state index < -0.39 is 5.54 Å². The zero-order valence-electron chi connectivity index (χ0n) is 11.2. The summed E-state index contributed by atoms with van der Waals surface area (Å²) in [6, 6.07) is 0.00671. The molecule has 4 heteroatoms. The first kappa shape index (κ1) is 12.0. The fraction of sp³-hybridized carbons (Fsp3) is 0.857. The van der Waals surface area contributed by atoms with E-state index in [9.17, 15) is 9.59 Å². The van der Waals surface area contributed by atoms with Crippen molar-refractivity contribution in [2.75, 3.05) is 0 Å². The highest BCUT2D eigenvalue weighted by Gasteiger charge is 2.53. The number of carbonyl (C=O) groups excluding carboxylic acids is 2. The molecule has 0 bridgehead atoms. The van der Waals surface area contributed by atoms with Crippen LogP contribution in [0.1, 0.15) is 52.4 Å². The first-order chi connectivity index (χ1) is 8.53. The van der Waals surface area contributed by atoms with Crippen molar-refractivity contribution >= 4 is 11.8 Å². The lowest BCUT2D eigenvalue weighted by molar-refractivity contribution is -0.160. The molecule has 3 rings (SSSR count). The number of piperazine rings is 1. The van der Waals surface area contributed by atoms with E-state index >= 15 is 0 Å². The first-order valence-corrected chi connectivity index (χ1v) is 7.18. The lowest BCUT2D eigenvalue weighted by atomic mass is 9.78. The minimum Gasteiger partial charge on any atom is -0.340 e. The Labute approximate surface area is 108 Å². The molecule has 1 heterocycles. The van der Waals surface area contributed by atoms with Crippen LogP contribution in [-0.2, 0) is 9.59 Å². The van der Waals surface area contributed by atoms with Gasteiger partial charge in [0.1, 0.15) is 11.6 Å². The minimum atomic E-state index is -0.553. The van der Waals surface area contributed by atoms with Gasteiger partial charge in [0.15, 0.2) is 0 Å². The fourth-order valence-electron chi connectivity index (χ4n) is 3.83. The van der Waals surface area contributed by atoms with E-state index in [1.807, 2.05) is 11.8 Å². The van der Waals surface area contributed by atoms with Gasteiger partial charge in [-0.3, -0.25) is 9.59 Å². The molecule has 2 amide bonds. The lowest BCUT2D eigenvalue weighted by Crippen LogP contribution is -2.71.